The second-order valence-electron chi connectivity index (χ2n) is 4.72. The lowest BCUT2D eigenvalue weighted by Gasteiger charge is -2.30. The molecular formula is C13H20Cl2N2. The highest BCUT2D eigenvalue weighted by atomic mass is 35.5. The largest absolute Gasteiger partial charge is 0.327 e. The van der Waals surface area contributed by atoms with Crippen molar-refractivity contribution in [2.24, 2.45) is 5.73 Å². The highest BCUT2D eigenvalue weighted by Crippen LogP contribution is 2.19. The summed E-state index contributed by atoms with van der Waals surface area (Å²) < 4.78 is 0. The summed E-state index contributed by atoms with van der Waals surface area (Å²) in [4.78, 5) is 2.41. The van der Waals surface area contributed by atoms with E-state index in [1.54, 1.807) is 0 Å². The Bertz CT molecular complexity index is 368. The third-order valence-corrected chi connectivity index (χ3v) is 3.59. The molecule has 1 saturated heterocycles. The van der Waals surface area contributed by atoms with Crippen LogP contribution in [0.4, 0.5) is 0 Å². The predicted octanol–water partition coefficient (Wildman–Crippen LogP) is 2.99. The molecule has 0 radical (unpaired) electrons. The first-order valence-electron chi connectivity index (χ1n) is 5.88. The molecule has 1 heterocycles. The number of rotatable bonds is 2. The summed E-state index contributed by atoms with van der Waals surface area (Å²) in [6, 6.07) is 6.65. The van der Waals surface area contributed by atoms with Crippen LogP contribution in [0.2, 0.25) is 5.02 Å². The molecule has 0 aromatic heterocycles. The summed E-state index contributed by atoms with van der Waals surface area (Å²) in [6.07, 6.45) is 2.37. The lowest BCUT2D eigenvalue weighted by Crippen LogP contribution is -2.42. The number of hydrogen-bond donors (Lipinski definition) is 1. The maximum Gasteiger partial charge on any atom is 0.0438 e. The standard InChI is InChI=1S/C13H19ClN2.ClH/c1-10-4-5-11(7-13(10)14)8-16-6-2-3-12(15)9-16;/h4-5,7,12H,2-3,6,8-9,15H2,1H3;1H/t12-;/m1./s1. The molecule has 0 unspecified atom stereocenters. The van der Waals surface area contributed by atoms with E-state index >= 15 is 0 Å². The summed E-state index contributed by atoms with van der Waals surface area (Å²) in [5.74, 6) is 0. The van der Waals surface area contributed by atoms with Crippen LogP contribution >= 0.6 is 24.0 Å². The first-order valence-corrected chi connectivity index (χ1v) is 6.26. The highest BCUT2D eigenvalue weighted by Gasteiger charge is 2.16. The maximum atomic E-state index is 6.12. The molecular weight excluding hydrogens is 255 g/mol. The van der Waals surface area contributed by atoms with E-state index in [0.717, 1.165) is 36.6 Å². The smallest absolute Gasteiger partial charge is 0.0438 e. The van der Waals surface area contributed by atoms with Crippen molar-refractivity contribution in [2.75, 3.05) is 13.1 Å². The van der Waals surface area contributed by atoms with Crippen LogP contribution in [0.5, 0.6) is 0 Å². The number of likely N-dealkylation sites (tertiary alicyclic amines) is 1. The minimum Gasteiger partial charge on any atom is -0.327 e. The SMILES string of the molecule is Cc1ccc(CN2CCC[C@@H](N)C2)cc1Cl.Cl. The first-order chi connectivity index (χ1) is 7.65. The van der Waals surface area contributed by atoms with Crippen LogP contribution in [-0.4, -0.2) is 24.0 Å². The molecule has 17 heavy (non-hydrogen) atoms. The van der Waals surface area contributed by atoms with Gasteiger partial charge in [-0.25, -0.2) is 0 Å². The van der Waals surface area contributed by atoms with Crippen molar-refractivity contribution in [3.8, 4) is 0 Å². The molecule has 2 N–H and O–H groups in total. The minimum atomic E-state index is 0. The third kappa shape index (κ3) is 4.14. The van der Waals surface area contributed by atoms with E-state index in [9.17, 15) is 0 Å². The normalized spacial score (nSPS) is 21.0. The zero-order valence-corrected chi connectivity index (χ0v) is 11.7. The van der Waals surface area contributed by atoms with Crippen LogP contribution < -0.4 is 5.73 Å². The Hall–Kier alpha value is -0.280. The molecule has 0 saturated carbocycles. The van der Waals surface area contributed by atoms with Gasteiger partial charge in [0.05, 0.1) is 0 Å². The van der Waals surface area contributed by atoms with E-state index in [0.29, 0.717) is 6.04 Å². The molecule has 1 atom stereocenters. The summed E-state index contributed by atoms with van der Waals surface area (Å²) in [6.45, 7) is 5.15. The Kier molecular flexibility index (Phi) is 5.74. The quantitative estimate of drug-likeness (QED) is 0.899. The van der Waals surface area contributed by atoms with Crippen molar-refractivity contribution in [3.63, 3.8) is 0 Å². The van der Waals surface area contributed by atoms with Crippen LogP contribution in [-0.2, 0) is 6.54 Å². The van der Waals surface area contributed by atoms with Gasteiger partial charge < -0.3 is 5.73 Å². The average molecular weight is 275 g/mol. The molecule has 0 aliphatic carbocycles. The van der Waals surface area contributed by atoms with Crippen molar-refractivity contribution in [3.05, 3.63) is 34.3 Å². The molecule has 1 aromatic carbocycles. The fourth-order valence-corrected chi connectivity index (χ4v) is 2.43. The molecule has 96 valence electrons. The number of hydrogen-bond acceptors (Lipinski definition) is 2. The molecule has 1 aliphatic rings. The Morgan fingerprint density at radius 1 is 1.47 bits per heavy atom. The van der Waals surface area contributed by atoms with Crippen LogP contribution in [0, 0.1) is 6.92 Å². The molecule has 1 aliphatic heterocycles. The van der Waals surface area contributed by atoms with Gasteiger partial charge in [-0.2, -0.15) is 0 Å². The second kappa shape index (κ2) is 6.60. The minimum absolute atomic E-state index is 0. The summed E-state index contributed by atoms with van der Waals surface area (Å²) in [5, 5.41) is 0.860. The van der Waals surface area contributed by atoms with Gasteiger partial charge in [0.15, 0.2) is 0 Å². The van der Waals surface area contributed by atoms with Crippen molar-refractivity contribution < 1.29 is 0 Å². The maximum absolute atomic E-state index is 6.12. The van der Waals surface area contributed by atoms with Gasteiger partial charge in [0.2, 0.25) is 0 Å². The van der Waals surface area contributed by atoms with E-state index in [1.165, 1.54) is 12.0 Å². The van der Waals surface area contributed by atoms with Gasteiger partial charge in [-0.3, -0.25) is 4.90 Å². The molecule has 0 amide bonds. The van der Waals surface area contributed by atoms with Crippen LogP contribution in [0.1, 0.15) is 24.0 Å². The van der Waals surface area contributed by atoms with Gasteiger partial charge in [0.1, 0.15) is 0 Å². The number of benzene rings is 1. The van der Waals surface area contributed by atoms with Crippen LogP contribution in [0.15, 0.2) is 18.2 Å². The van der Waals surface area contributed by atoms with Crippen molar-refractivity contribution in [1.29, 1.82) is 0 Å². The Balaban J connectivity index is 0.00000144. The highest BCUT2D eigenvalue weighted by molar-refractivity contribution is 6.31. The second-order valence-corrected chi connectivity index (χ2v) is 5.13. The fourth-order valence-electron chi connectivity index (χ4n) is 2.23. The summed E-state index contributed by atoms with van der Waals surface area (Å²) >= 11 is 6.12. The molecule has 2 nitrogen and oxygen atoms in total. The van der Waals surface area contributed by atoms with Gasteiger partial charge in [0.25, 0.3) is 0 Å². The average Bonchev–Trinajstić information content (AvgIpc) is 2.24. The summed E-state index contributed by atoms with van der Waals surface area (Å²) in [7, 11) is 0. The Morgan fingerprint density at radius 2 is 2.24 bits per heavy atom. The number of nitrogens with zero attached hydrogens (tertiary/aromatic N) is 1. The molecule has 0 spiro atoms. The van der Waals surface area contributed by atoms with Gasteiger partial charge in [-0.05, 0) is 43.5 Å². The van der Waals surface area contributed by atoms with Crippen molar-refractivity contribution in [2.45, 2.75) is 32.4 Å². The van der Waals surface area contributed by atoms with Gasteiger partial charge in [-0.15, -0.1) is 12.4 Å². The predicted molar refractivity (Wildman–Crippen MR) is 75.9 cm³/mol. The van der Waals surface area contributed by atoms with E-state index in [4.69, 9.17) is 17.3 Å². The van der Waals surface area contributed by atoms with E-state index in [1.807, 2.05) is 6.92 Å². The summed E-state index contributed by atoms with van der Waals surface area (Å²) in [5.41, 5.74) is 8.39. The van der Waals surface area contributed by atoms with E-state index in [-0.39, 0.29) is 12.4 Å². The monoisotopic (exact) mass is 274 g/mol. The van der Waals surface area contributed by atoms with Crippen molar-refractivity contribution in [1.82, 2.24) is 4.90 Å². The topological polar surface area (TPSA) is 29.3 Å². The lowest BCUT2D eigenvalue weighted by molar-refractivity contribution is 0.201. The Labute approximate surface area is 115 Å². The fraction of sp³-hybridized carbons (Fsp3) is 0.538. The zero-order chi connectivity index (χ0) is 11.5. The van der Waals surface area contributed by atoms with Crippen LogP contribution in [0.3, 0.4) is 0 Å². The van der Waals surface area contributed by atoms with E-state index in [2.05, 4.69) is 23.1 Å². The zero-order valence-electron chi connectivity index (χ0n) is 10.2. The number of nitrogens with two attached hydrogens (primary N) is 1. The number of piperidine rings is 1. The van der Waals surface area contributed by atoms with Crippen molar-refractivity contribution >= 4 is 24.0 Å². The first kappa shape index (κ1) is 14.8. The molecule has 1 fully saturated rings. The van der Waals surface area contributed by atoms with Gasteiger partial charge >= 0.3 is 0 Å². The van der Waals surface area contributed by atoms with E-state index < -0.39 is 0 Å². The number of aryl methyl sites for hydroxylation is 1. The molecule has 0 bridgehead atoms. The van der Waals surface area contributed by atoms with Crippen LogP contribution in [0.25, 0.3) is 0 Å². The van der Waals surface area contributed by atoms with Gasteiger partial charge in [-0.1, -0.05) is 23.7 Å². The molecule has 1 aromatic rings. The molecule has 4 heteroatoms. The molecule has 2 rings (SSSR count). The number of halogens is 2. The van der Waals surface area contributed by atoms with Gasteiger partial charge in [0, 0.05) is 24.2 Å². The Morgan fingerprint density at radius 3 is 2.88 bits per heavy atom. The lowest BCUT2D eigenvalue weighted by atomic mass is 10.1. The third-order valence-electron chi connectivity index (χ3n) is 3.18.